The molecule has 0 bridgehead atoms. The minimum atomic E-state index is -0.400. The number of β-amino-alcohol motifs (C(OH)–C–C–N with tert-alkyl or cyclic N) is 1. The fourth-order valence-electron chi connectivity index (χ4n) is 2.17. The first-order chi connectivity index (χ1) is 8.24. The van der Waals surface area contributed by atoms with E-state index in [0.29, 0.717) is 25.3 Å². The van der Waals surface area contributed by atoms with Gasteiger partial charge in [0, 0.05) is 18.5 Å². The lowest BCUT2D eigenvalue weighted by Gasteiger charge is -2.12. The van der Waals surface area contributed by atoms with Gasteiger partial charge in [-0.05, 0) is 18.6 Å². The average Bonchev–Trinajstić information content (AvgIpc) is 2.93. The Bertz CT molecular complexity index is 528. The Kier molecular flexibility index (Phi) is 2.37. The van der Waals surface area contributed by atoms with Crippen LogP contribution in [0.1, 0.15) is 17.0 Å². The summed E-state index contributed by atoms with van der Waals surface area (Å²) < 4.78 is 5.50. The van der Waals surface area contributed by atoms with Crippen molar-refractivity contribution in [2.24, 2.45) is 0 Å². The molecule has 1 aromatic heterocycles. The largest absolute Gasteiger partial charge is 0.451 e. The molecule has 1 amide bonds. The van der Waals surface area contributed by atoms with Crippen LogP contribution in [0.4, 0.5) is 0 Å². The summed E-state index contributed by atoms with van der Waals surface area (Å²) >= 11 is 0. The van der Waals surface area contributed by atoms with E-state index in [-0.39, 0.29) is 5.91 Å². The molecular weight excluding hydrogens is 218 g/mol. The molecule has 17 heavy (non-hydrogen) atoms. The molecule has 4 nitrogen and oxygen atoms in total. The molecule has 0 radical (unpaired) electrons. The van der Waals surface area contributed by atoms with Gasteiger partial charge in [-0.1, -0.05) is 18.2 Å². The molecule has 0 saturated carbocycles. The van der Waals surface area contributed by atoms with Crippen molar-refractivity contribution in [3.63, 3.8) is 0 Å². The van der Waals surface area contributed by atoms with Gasteiger partial charge in [0.15, 0.2) is 5.76 Å². The van der Waals surface area contributed by atoms with Crippen molar-refractivity contribution in [1.29, 1.82) is 0 Å². The normalized spacial score (nSPS) is 20.1. The molecule has 2 heterocycles. The van der Waals surface area contributed by atoms with Crippen LogP contribution in [-0.2, 0) is 0 Å². The number of aliphatic hydroxyl groups excluding tert-OH is 1. The van der Waals surface area contributed by atoms with E-state index in [2.05, 4.69) is 0 Å². The maximum atomic E-state index is 12.1. The summed E-state index contributed by atoms with van der Waals surface area (Å²) in [5.74, 6) is 0.207. The zero-order valence-corrected chi connectivity index (χ0v) is 9.30. The zero-order chi connectivity index (χ0) is 11.8. The Morgan fingerprint density at radius 1 is 1.41 bits per heavy atom. The minimum absolute atomic E-state index is 0.141. The highest BCUT2D eigenvalue weighted by Gasteiger charge is 2.27. The molecule has 0 spiro atoms. The van der Waals surface area contributed by atoms with E-state index in [1.165, 1.54) is 0 Å². The highest BCUT2D eigenvalue weighted by Crippen LogP contribution is 2.21. The van der Waals surface area contributed by atoms with Crippen molar-refractivity contribution < 1.29 is 14.3 Å². The minimum Gasteiger partial charge on any atom is -0.451 e. The number of fused-ring (bicyclic) bond motifs is 1. The lowest BCUT2D eigenvalue weighted by atomic mass is 10.2. The van der Waals surface area contributed by atoms with Crippen molar-refractivity contribution in [2.45, 2.75) is 12.5 Å². The van der Waals surface area contributed by atoms with Crippen molar-refractivity contribution in [1.82, 2.24) is 4.90 Å². The fourth-order valence-corrected chi connectivity index (χ4v) is 2.17. The van der Waals surface area contributed by atoms with E-state index in [9.17, 15) is 9.90 Å². The molecule has 0 aliphatic carbocycles. The van der Waals surface area contributed by atoms with E-state index in [1.54, 1.807) is 11.0 Å². The SMILES string of the molecule is O=C(c1cc2ccccc2o1)N1CCC(O)C1. The second kappa shape index (κ2) is 3.89. The molecule has 1 fully saturated rings. The van der Waals surface area contributed by atoms with Crippen LogP contribution in [0.2, 0.25) is 0 Å². The van der Waals surface area contributed by atoms with Crippen LogP contribution in [0, 0.1) is 0 Å². The van der Waals surface area contributed by atoms with Crippen LogP contribution in [-0.4, -0.2) is 35.1 Å². The molecule has 1 aromatic carbocycles. The number of aliphatic hydroxyl groups is 1. The van der Waals surface area contributed by atoms with Gasteiger partial charge in [-0.25, -0.2) is 0 Å². The van der Waals surface area contributed by atoms with Gasteiger partial charge >= 0.3 is 0 Å². The van der Waals surface area contributed by atoms with Gasteiger partial charge in [0.25, 0.3) is 5.91 Å². The van der Waals surface area contributed by atoms with Crippen molar-refractivity contribution in [2.75, 3.05) is 13.1 Å². The lowest BCUT2D eigenvalue weighted by Crippen LogP contribution is -2.29. The molecule has 88 valence electrons. The van der Waals surface area contributed by atoms with Gasteiger partial charge in [-0.2, -0.15) is 0 Å². The maximum Gasteiger partial charge on any atom is 0.289 e. The molecule has 1 atom stereocenters. The molecule has 1 saturated heterocycles. The third-order valence-corrected chi connectivity index (χ3v) is 3.09. The van der Waals surface area contributed by atoms with Gasteiger partial charge in [-0.15, -0.1) is 0 Å². The van der Waals surface area contributed by atoms with E-state index in [1.807, 2.05) is 24.3 Å². The molecule has 2 aromatic rings. The predicted octanol–water partition coefficient (Wildman–Crippen LogP) is 1.64. The molecule has 3 rings (SSSR count). The van der Waals surface area contributed by atoms with Gasteiger partial charge in [0.05, 0.1) is 6.10 Å². The second-order valence-corrected chi connectivity index (χ2v) is 4.34. The number of nitrogens with zero attached hydrogens (tertiary/aromatic N) is 1. The highest BCUT2D eigenvalue weighted by molar-refractivity contribution is 5.96. The van der Waals surface area contributed by atoms with Gasteiger partial charge in [-0.3, -0.25) is 4.79 Å². The fraction of sp³-hybridized carbons (Fsp3) is 0.308. The number of hydrogen-bond donors (Lipinski definition) is 1. The summed E-state index contributed by atoms with van der Waals surface area (Å²) in [5.41, 5.74) is 0.718. The molecule has 1 aliphatic heterocycles. The summed E-state index contributed by atoms with van der Waals surface area (Å²) in [6.07, 6.45) is 0.245. The number of furan rings is 1. The first-order valence-corrected chi connectivity index (χ1v) is 5.70. The third-order valence-electron chi connectivity index (χ3n) is 3.09. The quantitative estimate of drug-likeness (QED) is 0.811. The molecule has 4 heteroatoms. The summed E-state index contributed by atoms with van der Waals surface area (Å²) in [7, 11) is 0. The van der Waals surface area contributed by atoms with Crippen LogP contribution in [0.15, 0.2) is 34.7 Å². The average molecular weight is 231 g/mol. The van der Waals surface area contributed by atoms with E-state index >= 15 is 0 Å². The van der Waals surface area contributed by atoms with Crippen LogP contribution in [0.5, 0.6) is 0 Å². The lowest BCUT2D eigenvalue weighted by molar-refractivity contribution is 0.0736. The maximum absolute atomic E-state index is 12.1. The Labute approximate surface area is 98.4 Å². The van der Waals surface area contributed by atoms with Crippen LogP contribution >= 0.6 is 0 Å². The Morgan fingerprint density at radius 2 is 2.24 bits per heavy atom. The summed E-state index contributed by atoms with van der Waals surface area (Å²) in [6.45, 7) is 0.993. The molecular formula is C13H13NO3. The number of para-hydroxylation sites is 1. The molecule has 1 unspecified atom stereocenters. The second-order valence-electron chi connectivity index (χ2n) is 4.34. The standard InChI is InChI=1S/C13H13NO3/c15-10-5-6-14(8-10)13(16)12-7-9-3-1-2-4-11(9)17-12/h1-4,7,10,15H,5-6,8H2. The predicted molar refractivity (Wildman–Crippen MR) is 62.7 cm³/mol. The molecule has 1 aliphatic rings. The number of rotatable bonds is 1. The summed E-state index contributed by atoms with van der Waals surface area (Å²) in [6, 6.07) is 9.28. The van der Waals surface area contributed by atoms with Crippen molar-refractivity contribution in [3.05, 3.63) is 36.1 Å². The van der Waals surface area contributed by atoms with Gasteiger partial charge in [0.1, 0.15) is 5.58 Å². The van der Waals surface area contributed by atoms with Gasteiger partial charge in [0.2, 0.25) is 0 Å². The van der Waals surface area contributed by atoms with E-state index in [4.69, 9.17) is 4.42 Å². The Morgan fingerprint density at radius 3 is 2.94 bits per heavy atom. The van der Waals surface area contributed by atoms with Crippen molar-refractivity contribution in [3.8, 4) is 0 Å². The van der Waals surface area contributed by atoms with Crippen LogP contribution in [0.3, 0.4) is 0 Å². The smallest absolute Gasteiger partial charge is 0.289 e. The van der Waals surface area contributed by atoms with E-state index in [0.717, 1.165) is 11.0 Å². The van der Waals surface area contributed by atoms with E-state index < -0.39 is 6.10 Å². The third kappa shape index (κ3) is 1.80. The first-order valence-electron chi connectivity index (χ1n) is 5.70. The first kappa shape index (κ1) is 10.4. The Balaban J connectivity index is 1.90. The Hall–Kier alpha value is -1.81. The number of hydrogen-bond acceptors (Lipinski definition) is 3. The number of benzene rings is 1. The summed E-state index contributed by atoms with van der Waals surface area (Å²) in [5, 5.41) is 10.3. The monoisotopic (exact) mass is 231 g/mol. The number of likely N-dealkylation sites (tertiary alicyclic amines) is 1. The topological polar surface area (TPSA) is 53.7 Å². The zero-order valence-electron chi connectivity index (χ0n) is 9.30. The van der Waals surface area contributed by atoms with Crippen molar-refractivity contribution >= 4 is 16.9 Å². The van der Waals surface area contributed by atoms with Crippen LogP contribution < -0.4 is 0 Å². The summed E-state index contributed by atoms with van der Waals surface area (Å²) in [4.78, 5) is 13.7. The van der Waals surface area contributed by atoms with Gasteiger partial charge < -0.3 is 14.4 Å². The van der Waals surface area contributed by atoms with Crippen LogP contribution in [0.25, 0.3) is 11.0 Å². The number of carbonyl (C=O) groups excluding carboxylic acids is 1. The number of carbonyl (C=O) groups is 1. The number of amides is 1. The molecule has 1 N–H and O–H groups in total. The highest BCUT2D eigenvalue weighted by atomic mass is 16.3.